The van der Waals surface area contributed by atoms with Crippen LogP contribution in [-0.4, -0.2) is 19.7 Å². The molecule has 4 nitrogen and oxygen atoms in total. The van der Waals surface area contributed by atoms with Gasteiger partial charge in [0.25, 0.3) is 0 Å². The molecule has 2 aromatic rings. The summed E-state index contributed by atoms with van der Waals surface area (Å²) in [6.07, 6.45) is -0.922. The molecule has 2 heterocycles. The summed E-state index contributed by atoms with van der Waals surface area (Å²) in [5, 5.41) is 3.61. The fourth-order valence-corrected chi connectivity index (χ4v) is 1.65. The molecule has 0 saturated carbocycles. The molecule has 0 radical (unpaired) electrons. The third kappa shape index (κ3) is 1.92. The molecule has 2 aromatic heterocycles. The molecule has 0 N–H and O–H groups in total. The van der Waals surface area contributed by atoms with Gasteiger partial charge in [-0.05, 0) is 15.9 Å². The van der Waals surface area contributed by atoms with Gasteiger partial charge in [-0.2, -0.15) is 18.3 Å². The summed E-state index contributed by atoms with van der Waals surface area (Å²) in [4.78, 5) is 7.33. The Morgan fingerprint density at radius 2 is 2.06 bits per heavy atom. The van der Waals surface area contributed by atoms with Crippen LogP contribution in [0, 0.1) is 0 Å². The number of hydrogen-bond acceptors (Lipinski definition) is 3. The Labute approximate surface area is 96.3 Å². The summed E-state index contributed by atoms with van der Waals surface area (Å²) in [7, 11) is 0. The van der Waals surface area contributed by atoms with Crippen LogP contribution in [0.4, 0.5) is 13.2 Å². The predicted octanol–water partition coefficient (Wildman–Crippen LogP) is 2.44. The van der Waals surface area contributed by atoms with Crippen LogP contribution in [0.25, 0.3) is 5.82 Å². The molecule has 0 aliphatic carbocycles. The summed E-state index contributed by atoms with van der Waals surface area (Å²) in [5.41, 5.74) is -0.897. The van der Waals surface area contributed by atoms with E-state index >= 15 is 0 Å². The van der Waals surface area contributed by atoms with E-state index < -0.39 is 11.9 Å². The van der Waals surface area contributed by atoms with Gasteiger partial charge < -0.3 is 0 Å². The first-order valence-corrected chi connectivity index (χ1v) is 4.86. The van der Waals surface area contributed by atoms with Gasteiger partial charge in [0.15, 0.2) is 11.5 Å². The minimum absolute atomic E-state index is 0.0630. The number of hydrogen-bond donors (Lipinski definition) is 0. The maximum Gasteiger partial charge on any atom is 0.434 e. The Morgan fingerprint density at radius 3 is 2.62 bits per heavy atom. The van der Waals surface area contributed by atoms with Gasteiger partial charge in [-0.3, -0.25) is 0 Å². The second kappa shape index (κ2) is 3.85. The van der Waals surface area contributed by atoms with Gasteiger partial charge in [0.2, 0.25) is 0 Å². The summed E-state index contributed by atoms with van der Waals surface area (Å²) in [6.45, 7) is 0. The van der Waals surface area contributed by atoms with Crippen LogP contribution in [0.1, 0.15) is 5.69 Å². The molecular weight excluding hydrogens is 289 g/mol. The van der Waals surface area contributed by atoms with E-state index in [1.807, 2.05) is 0 Å². The Morgan fingerprint density at radius 1 is 1.31 bits per heavy atom. The van der Waals surface area contributed by atoms with Crippen molar-refractivity contribution in [2.75, 3.05) is 0 Å². The predicted molar refractivity (Wildman–Crippen MR) is 51.9 cm³/mol. The van der Waals surface area contributed by atoms with Crippen LogP contribution in [0.15, 0.2) is 29.3 Å². The molecule has 0 aliphatic rings. The first-order chi connectivity index (χ1) is 7.50. The van der Waals surface area contributed by atoms with E-state index in [9.17, 15) is 13.2 Å². The standard InChI is InChI=1S/C8H4BrF3N4/c9-5-3-15-16(7(5)8(10,11)12)6-1-2-13-4-14-6/h1-4H. The Hall–Kier alpha value is -1.44. The van der Waals surface area contributed by atoms with Crippen molar-refractivity contribution in [2.45, 2.75) is 6.18 Å². The van der Waals surface area contributed by atoms with Crippen molar-refractivity contribution >= 4 is 15.9 Å². The van der Waals surface area contributed by atoms with Gasteiger partial charge in [-0.25, -0.2) is 14.6 Å². The summed E-state index contributed by atoms with van der Waals surface area (Å²) < 4.78 is 38.7. The van der Waals surface area contributed by atoms with E-state index in [0.29, 0.717) is 4.68 Å². The molecule has 84 valence electrons. The van der Waals surface area contributed by atoms with Gasteiger partial charge in [0.05, 0.1) is 10.7 Å². The smallest absolute Gasteiger partial charge is 0.245 e. The highest BCUT2D eigenvalue weighted by molar-refractivity contribution is 9.10. The molecule has 0 aliphatic heterocycles. The zero-order valence-corrected chi connectivity index (χ0v) is 9.20. The van der Waals surface area contributed by atoms with Crippen molar-refractivity contribution < 1.29 is 13.2 Å². The number of nitrogens with zero attached hydrogens (tertiary/aromatic N) is 4. The van der Waals surface area contributed by atoms with Crippen LogP contribution in [0.3, 0.4) is 0 Å². The largest absolute Gasteiger partial charge is 0.434 e. The van der Waals surface area contributed by atoms with Crippen molar-refractivity contribution in [3.05, 3.63) is 35.0 Å². The number of rotatable bonds is 1. The lowest BCUT2D eigenvalue weighted by atomic mass is 10.4. The molecule has 0 atom stereocenters. The molecule has 0 spiro atoms. The molecule has 0 bridgehead atoms. The lowest BCUT2D eigenvalue weighted by Gasteiger charge is -2.09. The van der Waals surface area contributed by atoms with E-state index in [1.54, 1.807) is 0 Å². The van der Waals surface area contributed by atoms with E-state index in [4.69, 9.17) is 0 Å². The highest BCUT2D eigenvalue weighted by atomic mass is 79.9. The minimum atomic E-state index is -4.50. The van der Waals surface area contributed by atoms with Crippen molar-refractivity contribution in [1.29, 1.82) is 0 Å². The molecular formula is C8H4BrF3N4. The summed E-state index contributed by atoms with van der Waals surface area (Å²) in [5.74, 6) is 0.0630. The summed E-state index contributed by atoms with van der Waals surface area (Å²) in [6, 6.07) is 1.34. The number of halogens is 4. The average Bonchev–Trinajstić information content (AvgIpc) is 2.61. The van der Waals surface area contributed by atoms with Crippen LogP contribution < -0.4 is 0 Å². The van der Waals surface area contributed by atoms with Crippen LogP contribution in [-0.2, 0) is 6.18 Å². The molecule has 0 saturated heterocycles. The SMILES string of the molecule is FC(F)(F)c1c(Br)cnn1-c1ccncn1. The van der Waals surface area contributed by atoms with E-state index in [0.717, 1.165) is 12.5 Å². The molecule has 0 aromatic carbocycles. The van der Waals surface area contributed by atoms with Gasteiger partial charge >= 0.3 is 6.18 Å². The fraction of sp³-hybridized carbons (Fsp3) is 0.125. The number of alkyl halides is 3. The van der Waals surface area contributed by atoms with Crippen molar-refractivity contribution in [2.24, 2.45) is 0 Å². The number of aromatic nitrogens is 4. The lowest BCUT2D eigenvalue weighted by molar-refractivity contribution is -0.143. The zero-order chi connectivity index (χ0) is 11.8. The quantitative estimate of drug-likeness (QED) is 0.811. The maximum absolute atomic E-state index is 12.7. The fourth-order valence-electron chi connectivity index (χ4n) is 1.17. The molecule has 0 fully saturated rings. The normalized spacial score (nSPS) is 11.8. The van der Waals surface area contributed by atoms with Gasteiger partial charge in [-0.15, -0.1) is 0 Å². The molecule has 8 heteroatoms. The molecule has 16 heavy (non-hydrogen) atoms. The topological polar surface area (TPSA) is 43.6 Å². The van der Waals surface area contributed by atoms with E-state index in [-0.39, 0.29) is 10.3 Å². The highest BCUT2D eigenvalue weighted by Gasteiger charge is 2.38. The first-order valence-electron chi connectivity index (χ1n) is 4.07. The monoisotopic (exact) mass is 292 g/mol. The van der Waals surface area contributed by atoms with Crippen LogP contribution >= 0.6 is 15.9 Å². The third-order valence-electron chi connectivity index (χ3n) is 1.78. The van der Waals surface area contributed by atoms with Crippen LogP contribution in [0.5, 0.6) is 0 Å². The highest BCUT2D eigenvalue weighted by Crippen LogP contribution is 2.35. The van der Waals surface area contributed by atoms with Gasteiger partial charge in [0.1, 0.15) is 6.33 Å². The van der Waals surface area contributed by atoms with Crippen LogP contribution in [0.2, 0.25) is 0 Å². The lowest BCUT2D eigenvalue weighted by Crippen LogP contribution is -2.14. The second-order valence-corrected chi connectivity index (χ2v) is 3.67. The Balaban J connectivity index is 2.60. The first kappa shape index (κ1) is 11.1. The zero-order valence-electron chi connectivity index (χ0n) is 7.61. The second-order valence-electron chi connectivity index (χ2n) is 2.82. The van der Waals surface area contributed by atoms with Crippen molar-refractivity contribution in [1.82, 2.24) is 19.7 Å². The summed E-state index contributed by atoms with van der Waals surface area (Å²) >= 11 is 2.80. The van der Waals surface area contributed by atoms with E-state index in [2.05, 4.69) is 31.0 Å². The third-order valence-corrected chi connectivity index (χ3v) is 2.36. The minimum Gasteiger partial charge on any atom is -0.245 e. The van der Waals surface area contributed by atoms with Gasteiger partial charge in [-0.1, -0.05) is 0 Å². The Bertz CT molecular complexity index is 494. The molecule has 2 rings (SSSR count). The maximum atomic E-state index is 12.7. The van der Waals surface area contributed by atoms with Crippen molar-refractivity contribution in [3.63, 3.8) is 0 Å². The average molecular weight is 293 g/mol. The van der Waals surface area contributed by atoms with Gasteiger partial charge in [0, 0.05) is 12.3 Å². The van der Waals surface area contributed by atoms with E-state index in [1.165, 1.54) is 12.3 Å². The molecule has 0 amide bonds. The van der Waals surface area contributed by atoms with Crippen molar-refractivity contribution in [3.8, 4) is 5.82 Å². The Kier molecular flexibility index (Phi) is 2.66. The molecule has 0 unspecified atom stereocenters.